The molecule has 0 aliphatic heterocycles. The fraction of sp³-hybridized carbons (Fsp3) is 0.0833. The molecule has 0 radical (unpaired) electrons. The monoisotopic (exact) mass is 338 g/mol. The summed E-state index contributed by atoms with van der Waals surface area (Å²) in [7, 11) is -2.21. The lowest BCUT2D eigenvalue weighted by Gasteiger charge is -2.39. The van der Waals surface area contributed by atoms with Gasteiger partial charge in [-0.3, -0.25) is 0 Å². The van der Waals surface area contributed by atoms with Crippen molar-refractivity contribution in [3.63, 3.8) is 0 Å². The Morgan fingerprint density at radius 2 is 1.00 bits per heavy atom. The zero-order valence-corrected chi connectivity index (χ0v) is 15.5. The molecule has 0 heterocycles. The van der Waals surface area contributed by atoms with Gasteiger partial charge in [0.25, 0.3) is 0 Å². The topological polar surface area (TPSA) is 0 Å². The van der Waals surface area contributed by atoms with Crippen LogP contribution in [0.1, 0.15) is 6.92 Å². The third-order valence-electron chi connectivity index (χ3n) is 5.31. The molecule has 3 aromatic carbocycles. The van der Waals surface area contributed by atoms with E-state index in [1.807, 2.05) is 0 Å². The molecule has 4 rings (SSSR count). The molecule has 0 spiro atoms. The van der Waals surface area contributed by atoms with E-state index in [4.69, 9.17) is 0 Å². The summed E-state index contributed by atoms with van der Waals surface area (Å²) in [4.78, 5) is 0. The highest BCUT2D eigenvalue weighted by molar-refractivity contribution is 7.13. The van der Waals surface area contributed by atoms with E-state index < -0.39 is 8.07 Å². The van der Waals surface area contributed by atoms with Crippen LogP contribution in [0.5, 0.6) is 0 Å². The fourth-order valence-corrected chi connectivity index (χ4v) is 9.61. The Bertz CT molecular complexity index is 796. The van der Waals surface area contributed by atoms with Crippen LogP contribution in [0.4, 0.5) is 0 Å². The maximum Gasteiger partial charge on any atom is 0.158 e. The number of hydrogen-bond donors (Lipinski definition) is 0. The molecule has 1 aliphatic rings. The SMILES string of the molecule is CC1=CC=CC1[Si](c1ccccc1)(c1ccccc1)c1ccccc1. The largest absolute Gasteiger partial charge is 0.158 e. The molecule has 0 saturated heterocycles. The Morgan fingerprint density at radius 3 is 1.32 bits per heavy atom. The smallest absolute Gasteiger partial charge is 0.0791 e. The Balaban J connectivity index is 2.09. The van der Waals surface area contributed by atoms with Crippen LogP contribution in [0.15, 0.2) is 115 Å². The quantitative estimate of drug-likeness (QED) is 0.497. The van der Waals surface area contributed by atoms with E-state index in [0.717, 1.165) is 0 Å². The van der Waals surface area contributed by atoms with Crippen molar-refractivity contribution < 1.29 is 0 Å². The highest BCUT2D eigenvalue weighted by Gasteiger charge is 2.46. The first kappa shape index (κ1) is 15.9. The van der Waals surface area contributed by atoms with Gasteiger partial charge in [0.05, 0.1) is 0 Å². The molecule has 0 bridgehead atoms. The van der Waals surface area contributed by atoms with Crippen LogP contribution in [0.2, 0.25) is 5.54 Å². The molecule has 25 heavy (non-hydrogen) atoms. The molecule has 1 atom stereocenters. The van der Waals surface area contributed by atoms with Gasteiger partial charge in [0.2, 0.25) is 0 Å². The molecule has 122 valence electrons. The maximum atomic E-state index is 2.41. The lowest BCUT2D eigenvalue weighted by atomic mass is 10.3. The van der Waals surface area contributed by atoms with Gasteiger partial charge in [0.15, 0.2) is 8.07 Å². The summed E-state index contributed by atoms with van der Waals surface area (Å²) in [5.74, 6) is 0. The van der Waals surface area contributed by atoms with Gasteiger partial charge in [0, 0.05) is 5.54 Å². The summed E-state index contributed by atoms with van der Waals surface area (Å²) in [6.07, 6.45) is 6.92. The minimum absolute atomic E-state index is 0.444. The average molecular weight is 339 g/mol. The lowest BCUT2D eigenvalue weighted by molar-refractivity contribution is 1.19. The number of allylic oxidation sites excluding steroid dienone is 4. The first-order valence-corrected chi connectivity index (χ1v) is 10.9. The number of rotatable bonds is 4. The summed E-state index contributed by atoms with van der Waals surface area (Å²) in [5.41, 5.74) is 1.91. The molecule has 0 amide bonds. The second-order valence-electron chi connectivity index (χ2n) is 6.68. The van der Waals surface area contributed by atoms with Crippen LogP contribution in [-0.4, -0.2) is 8.07 Å². The van der Waals surface area contributed by atoms with Crippen molar-refractivity contribution in [1.29, 1.82) is 0 Å². The Hall–Kier alpha value is -2.64. The van der Waals surface area contributed by atoms with Crippen LogP contribution in [0.3, 0.4) is 0 Å². The molecule has 1 heteroatoms. The van der Waals surface area contributed by atoms with Crippen LogP contribution in [0, 0.1) is 0 Å². The second kappa shape index (κ2) is 6.70. The number of benzene rings is 3. The van der Waals surface area contributed by atoms with Crippen molar-refractivity contribution in [1.82, 2.24) is 0 Å². The number of hydrogen-bond acceptors (Lipinski definition) is 0. The first-order chi connectivity index (χ1) is 12.3. The molecule has 1 aliphatic carbocycles. The zero-order chi connectivity index (χ0) is 17.1. The van der Waals surface area contributed by atoms with Crippen molar-refractivity contribution in [2.24, 2.45) is 0 Å². The van der Waals surface area contributed by atoms with E-state index in [1.54, 1.807) is 0 Å². The van der Waals surface area contributed by atoms with Crippen molar-refractivity contribution in [2.45, 2.75) is 12.5 Å². The first-order valence-electron chi connectivity index (χ1n) is 8.85. The predicted octanol–water partition coefficient (Wildman–Crippen LogP) is 4.04. The van der Waals surface area contributed by atoms with Crippen molar-refractivity contribution >= 4 is 23.6 Å². The molecular formula is C24H22Si. The van der Waals surface area contributed by atoms with Crippen molar-refractivity contribution in [3.8, 4) is 0 Å². The molecule has 0 saturated carbocycles. The minimum atomic E-state index is -2.21. The molecule has 0 aromatic heterocycles. The van der Waals surface area contributed by atoms with Crippen LogP contribution in [-0.2, 0) is 0 Å². The van der Waals surface area contributed by atoms with Crippen LogP contribution in [0.25, 0.3) is 0 Å². The molecule has 0 nitrogen and oxygen atoms in total. The van der Waals surface area contributed by atoms with Crippen LogP contribution < -0.4 is 15.6 Å². The van der Waals surface area contributed by atoms with Gasteiger partial charge >= 0.3 is 0 Å². The molecule has 0 fully saturated rings. The van der Waals surface area contributed by atoms with Gasteiger partial charge < -0.3 is 0 Å². The van der Waals surface area contributed by atoms with E-state index in [2.05, 4.69) is 116 Å². The Morgan fingerprint density at radius 1 is 0.600 bits per heavy atom. The molecule has 0 N–H and O–H groups in total. The Kier molecular flexibility index (Phi) is 4.25. The third kappa shape index (κ3) is 2.61. The summed E-state index contributed by atoms with van der Waals surface area (Å²) in [6, 6.07) is 33.4. The summed E-state index contributed by atoms with van der Waals surface area (Å²) in [5, 5.41) is 4.41. The summed E-state index contributed by atoms with van der Waals surface area (Å²) >= 11 is 0. The van der Waals surface area contributed by atoms with Gasteiger partial charge in [0.1, 0.15) is 0 Å². The van der Waals surface area contributed by atoms with E-state index >= 15 is 0 Å². The normalized spacial score (nSPS) is 16.7. The summed E-state index contributed by atoms with van der Waals surface area (Å²) in [6.45, 7) is 2.28. The van der Waals surface area contributed by atoms with Gasteiger partial charge in [-0.25, -0.2) is 0 Å². The van der Waals surface area contributed by atoms with Crippen molar-refractivity contribution in [2.75, 3.05) is 0 Å². The highest BCUT2D eigenvalue weighted by atomic mass is 28.3. The van der Waals surface area contributed by atoms with E-state index in [9.17, 15) is 0 Å². The fourth-order valence-electron chi connectivity index (χ4n) is 4.20. The van der Waals surface area contributed by atoms with E-state index in [-0.39, 0.29) is 0 Å². The lowest BCUT2D eigenvalue weighted by Crippen LogP contribution is -2.69. The van der Waals surface area contributed by atoms with E-state index in [0.29, 0.717) is 5.54 Å². The third-order valence-corrected chi connectivity index (χ3v) is 10.6. The van der Waals surface area contributed by atoms with Gasteiger partial charge in [-0.05, 0) is 22.5 Å². The molecule has 3 aromatic rings. The van der Waals surface area contributed by atoms with Gasteiger partial charge in [-0.15, -0.1) is 0 Å². The van der Waals surface area contributed by atoms with E-state index in [1.165, 1.54) is 21.1 Å². The predicted molar refractivity (Wildman–Crippen MR) is 111 cm³/mol. The van der Waals surface area contributed by atoms with Crippen molar-refractivity contribution in [3.05, 3.63) is 115 Å². The highest BCUT2D eigenvalue weighted by Crippen LogP contribution is 2.34. The van der Waals surface area contributed by atoms with Gasteiger partial charge in [-0.2, -0.15) is 0 Å². The van der Waals surface area contributed by atoms with Crippen LogP contribution >= 0.6 is 0 Å². The standard InChI is InChI=1S/C24H22Si/c1-20-12-11-19-24(20)25(21-13-5-2-6-14-21,22-15-7-3-8-16-22)23-17-9-4-10-18-23/h2-19,24H,1H3. The molecular weight excluding hydrogens is 316 g/mol. The average Bonchev–Trinajstić information content (AvgIpc) is 3.12. The maximum absolute atomic E-state index is 2.41. The second-order valence-corrected chi connectivity index (χ2v) is 10.6. The minimum Gasteiger partial charge on any atom is -0.0791 e. The Labute approximate surface area is 151 Å². The summed E-state index contributed by atoms with van der Waals surface area (Å²) < 4.78 is 0. The zero-order valence-electron chi connectivity index (χ0n) is 14.5. The van der Waals surface area contributed by atoms with Gasteiger partial charge in [-0.1, -0.05) is 115 Å². The molecule has 1 unspecified atom stereocenters.